The molecule has 0 amide bonds. The van der Waals surface area contributed by atoms with E-state index in [1.165, 1.54) is 24.8 Å². The highest BCUT2D eigenvalue weighted by Gasteiger charge is 2.05. The van der Waals surface area contributed by atoms with Gasteiger partial charge in [0.25, 0.3) is 0 Å². The van der Waals surface area contributed by atoms with E-state index in [0.29, 0.717) is 4.64 Å². The fraction of sp³-hybridized carbons (Fsp3) is 0.400. The lowest BCUT2D eigenvalue weighted by molar-refractivity contribution is 0.739. The molecule has 1 N–H and O–H groups in total. The summed E-state index contributed by atoms with van der Waals surface area (Å²) >= 11 is 5.02. The molecule has 1 aromatic heterocycles. The van der Waals surface area contributed by atoms with Crippen molar-refractivity contribution in [3.8, 4) is 0 Å². The van der Waals surface area contributed by atoms with Crippen molar-refractivity contribution in [1.82, 2.24) is 9.97 Å². The minimum atomic E-state index is 0.712. The lowest BCUT2D eigenvalue weighted by Crippen LogP contribution is -1.95. The first-order chi connectivity index (χ1) is 6.36. The second-order valence-electron chi connectivity index (χ2n) is 3.29. The van der Waals surface area contributed by atoms with Gasteiger partial charge >= 0.3 is 0 Å². The van der Waals surface area contributed by atoms with Crippen LogP contribution in [0.2, 0.25) is 0 Å². The van der Waals surface area contributed by atoms with E-state index in [4.69, 9.17) is 12.2 Å². The highest BCUT2D eigenvalue weighted by molar-refractivity contribution is 7.71. The van der Waals surface area contributed by atoms with Crippen LogP contribution in [0.25, 0.3) is 5.57 Å². The van der Waals surface area contributed by atoms with Crippen LogP contribution in [0, 0.1) is 4.64 Å². The zero-order valence-electron chi connectivity index (χ0n) is 7.42. The van der Waals surface area contributed by atoms with Gasteiger partial charge in [-0.15, -0.1) is 0 Å². The number of nitrogens with zero attached hydrogens (tertiary/aromatic N) is 1. The quantitative estimate of drug-likeness (QED) is 0.693. The molecule has 0 fully saturated rings. The molecule has 1 heterocycles. The molecule has 0 spiro atoms. The molecule has 0 unspecified atom stereocenters. The van der Waals surface area contributed by atoms with E-state index in [1.54, 1.807) is 6.20 Å². The van der Waals surface area contributed by atoms with E-state index in [2.05, 4.69) is 16.0 Å². The first-order valence-electron chi connectivity index (χ1n) is 4.60. The SMILES string of the molecule is S=c1cncc(C2=CCCCC2)[nH]1. The normalized spacial score (nSPS) is 16.8. The van der Waals surface area contributed by atoms with Gasteiger partial charge in [-0.3, -0.25) is 4.98 Å². The monoisotopic (exact) mass is 192 g/mol. The van der Waals surface area contributed by atoms with Crippen LogP contribution in [0.5, 0.6) is 0 Å². The molecule has 2 nitrogen and oxygen atoms in total. The predicted octanol–water partition coefficient (Wildman–Crippen LogP) is 3.10. The van der Waals surface area contributed by atoms with Gasteiger partial charge in [0.2, 0.25) is 0 Å². The maximum Gasteiger partial charge on any atom is 0.122 e. The Bertz CT molecular complexity index is 379. The van der Waals surface area contributed by atoms with Crippen molar-refractivity contribution >= 4 is 17.8 Å². The largest absolute Gasteiger partial charge is 0.344 e. The fourth-order valence-corrected chi connectivity index (χ4v) is 1.79. The van der Waals surface area contributed by atoms with Crippen molar-refractivity contribution in [3.63, 3.8) is 0 Å². The molecule has 1 aromatic rings. The molecule has 2 rings (SSSR count). The minimum Gasteiger partial charge on any atom is -0.344 e. The molecule has 3 heteroatoms. The Morgan fingerprint density at radius 2 is 2.23 bits per heavy atom. The number of aromatic nitrogens is 2. The second-order valence-corrected chi connectivity index (χ2v) is 3.73. The summed E-state index contributed by atoms with van der Waals surface area (Å²) in [6.07, 6.45) is 10.7. The smallest absolute Gasteiger partial charge is 0.122 e. The van der Waals surface area contributed by atoms with Gasteiger partial charge < -0.3 is 4.98 Å². The number of hydrogen-bond acceptors (Lipinski definition) is 2. The average molecular weight is 192 g/mol. The van der Waals surface area contributed by atoms with Crippen molar-refractivity contribution in [2.45, 2.75) is 25.7 Å². The Hall–Kier alpha value is -0.960. The number of rotatable bonds is 1. The van der Waals surface area contributed by atoms with Crippen LogP contribution in [-0.2, 0) is 0 Å². The molecule has 0 aromatic carbocycles. The van der Waals surface area contributed by atoms with Crippen molar-refractivity contribution in [3.05, 3.63) is 28.8 Å². The average Bonchev–Trinajstić information content (AvgIpc) is 2.19. The third kappa shape index (κ3) is 2.04. The van der Waals surface area contributed by atoms with E-state index >= 15 is 0 Å². The zero-order valence-corrected chi connectivity index (χ0v) is 8.23. The van der Waals surface area contributed by atoms with E-state index in [-0.39, 0.29) is 0 Å². The fourth-order valence-electron chi connectivity index (χ4n) is 1.62. The van der Waals surface area contributed by atoms with Gasteiger partial charge in [-0.2, -0.15) is 0 Å². The third-order valence-electron chi connectivity index (χ3n) is 2.29. The van der Waals surface area contributed by atoms with E-state index < -0.39 is 0 Å². The molecule has 1 aliphatic carbocycles. The molecule has 0 bridgehead atoms. The lowest BCUT2D eigenvalue weighted by Gasteiger charge is -2.11. The Kier molecular flexibility index (Phi) is 2.54. The highest BCUT2D eigenvalue weighted by Crippen LogP contribution is 2.24. The van der Waals surface area contributed by atoms with Crippen LogP contribution in [-0.4, -0.2) is 9.97 Å². The summed E-state index contributed by atoms with van der Waals surface area (Å²) in [6, 6.07) is 0. The summed E-state index contributed by atoms with van der Waals surface area (Å²) in [6.45, 7) is 0. The number of hydrogen-bond donors (Lipinski definition) is 1. The topological polar surface area (TPSA) is 28.7 Å². The Labute approximate surface area is 82.7 Å². The van der Waals surface area contributed by atoms with Crippen molar-refractivity contribution in [2.24, 2.45) is 0 Å². The maximum absolute atomic E-state index is 5.02. The van der Waals surface area contributed by atoms with Crippen LogP contribution in [0.15, 0.2) is 18.5 Å². The molecule has 0 atom stereocenters. The number of allylic oxidation sites excluding steroid dienone is 2. The summed E-state index contributed by atoms with van der Waals surface area (Å²) in [5.41, 5.74) is 2.46. The Morgan fingerprint density at radius 1 is 1.31 bits per heavy atom. The van der Waals surface area contributed by atoms with Crippen LogP contribution in [0.3, 0.4) is 0 Å². The van der Waals surface area contributed by atoms with Gasteiger partial charge in [0.15, 0.2) is 0 Å². The van der Waals surface area contributed by atoms with E-state index in [0.717, 1.165) is 12.1 Å². The van der Waals surface area contributed by atoms with Gasteiger partial charge in [0, 0.05) is 0 Å². The summed E-state index contributed by atoms with van der Waals surface area (Å²) in [7, 11) is 0. The number of H-pyrrole nitrogens is 1. The van der Waals surface area contributed by atoms with Gasteiger partial charge in [-0.25, -0.2) is 0 Å². The van der Waals surface area contributed by atoms with E-state index in [9.17, 15) is 0 Å². The van der Waals surface area contributed by atoms with Crippen LogP contribution < -0.4 is 0 Å². The van der Waals surface area contributed by atoms with Crippen molar-refractivity contribution in [2.75, 3.05) is 0 Å². The first-order valence-corrected chi connectivity index (χ1v) is 5.01. The van der Waals surface area contributed by atoms with Crippen LogP contribution in [0.1, 0.15) is 31.4 Å². The summed E-state index contributed by atoms with van der Waals surface area (Å²) < 4.78 is 0.712. The van der Waals surface area contributed by atoms with Crippen molar-refractivity contribution < 1.29 is 0 Å². The number of nitrogens with one attached hydrogen (secondary N) is 1. The lowest BCUT2D eigenvalue weighted by atomic mass is 9.97. The van der Waals surface area contributed by atoms with Gasteiger partial charge in [-0.1, -0.05) is 18.3 Å². The molecule has 0 radical (unpaired) electrons. The molecular weight excluding hydrogens is 180 g/mol. The third-order valence-corrected chi connectivity index (χ3v) is 2.50. The maximum atomic E-state index is 5.02. The van der Waals surface area contributed by atoms with E-state index in [1.807, 2.05) is 6.20 Å². The van der Waals surface area contributed by atoms with Gasteiger partial charge in [0.05, 0.1) is 18.1 Å². The summed E-state index contributed by atoms with van der Waals surface area (Å²) in [5, 5.41) is 0. The molecule has 1 aliphatic rings. The van der Waals surface area contributed by atoms with Crippen LogP contribution in [0.4, 0.5) is 0 Å². The van der Waals surface area contributed by atoms with Crippen molar-refractivity contribution in [1.29, 1.82) is 0 Å². The molecule has 0 saturated carbocycles. The molecule has 13 heavy (non-hydrogen) atoms. The second kappa shape index (κ2) is 3.83. The molecule has 68 valence electrons. The minimum absolute atomic E-state index is 0.712. The molecule has 0 saturated heterocycles. The zero-order chi connectivity index (χ0) is 9.10. The van der Waals surface area contributed by atoms with Gasteiger partial charge in [0.1, 0.15) is 4.64 Å². The standard InChI is InChI=1S/C10H12N2S/c13-10-7-11-6-9(12-10)8-4-2-1-3-5-8/h4,6-7H,1-3,5H2,(H,12,13). The highest BCUT2D eigenvalue weighted by atomic mass is 32.1. The van der Waals surface area contributed by atoms with Crippen LogP contribution >= 0.6 is 12.2 Å². The first kappa shape index (κ1) is 8.63. The van der Waals surface area contributed by atoms with Gasteiger partial charge in [-0.05, 0) is 31.3 Å². The predicted molar refractivity (Wildman–Crippen MR) is 55.9 cm³/mol. The molecular formula is C10H12N2S. The Balaban J connectivity index is 2.34. The molecule has 0 aliphatic heterocycles. The summed E-state index contributed by atoms with van der Waals surface area (Å²) in [5.74, 6) is 0. The number of aromatic amines is 1. The Morgan fingerprint density at radius 3 is 2.92 bits per heavy atom. The summed E-state index contributed by atoms with van der Waals surface area (Å²) in [4.78, 5) is 7.24.